The largest absolute Gasteiger partial charge is 0.517 e. The third-order valence-electron chi connectivity index (χ3n) is 2.02. The van der Waals surface area contributed by atoms with Crippen molar-refractivity contribution in [3.8, 4) is 0 Å². The van der Waals surface area contributed by atoms with E-state index in [-0.39, 0.29) is 5.97 Å². The monoisotopic (exact) mass is 214 g/mol. The minimum absolute atomic E-state index is 0.282. The summed E-state index contributed by atoms with van der Waals surface area (Å²) in [4.78, 5) is 11.0. The van der Waals surface area contributed by atoms with E-state index in [1.54, 1.807) is 0 Å². The van der Waals surface area contributed by atoms with E-state index in [1.807, 2.05) is 0 Å². The molecule has 0 amide bonds. The zero-order chi connectivity index (χ0) is 11.4. The van der Waals surface area contributed by atoms with Crippen LogP contribution in [-0.4, -0.2) is 14.3 Å². The maximum Gasteiger partial charge on any atom is 0.316 e. The van der Waals surface area contributed by atoms with Gasteiger partial charge in [-0.1, -0.05) is 27.4 Å². The van der Waals surface area contributed by atoms with Gasteiger partial charge >= 0.3 is 5.97 Å². The van der Waals surface area contributed by atoms with E-state index in [0.717, 1.165) is 12.5 Å². The summed E-state index contributed by atoms with van der Waals surface area (Å²) in [6, 6.07) is 1.01. The van der Waals surface area contributed by atoms with Gasteiger partial charge in [0.2, 0.25) is 8.32 Å². The smallest absolute Gasteiger partial charge is 0.316 e. The molecular formula is C11H22O2Si. The first-order valence-corrected chi connectivity index (χ1v) is 8.13. The van der Waals surface area contributed by atoms with Crippen LogP contribution < -0.4 is 0 Å². The van der Waals surface area contributed by atoms with Crippen molar-refractivity contribution < 1.29 is 9.22 Å². The summed E-state index contributed by atoms with van der Waals surface area (Å²) in [5.41, 5.74) is 0.310. The average molecular weight is 214 g/mol. The van der Waals surface area contributed by atoms with E-state index in [2.05, 4.69) is 40.4 Å². The predicted molar refractivity (Wildman–Crippen MR) is 62.7 cm³/mol. The summed E-state index contributed by atoms with van der Waals surface area (Å²) >= 11 is 0. The van der Waals surface area contributed by atoms with Gasteiger partial charge in [0.1, 0.15) is 0 Å². The quantitative estimate of drug-likeness (QED) is 0.530. The van der Waals surface area contributed by atoms with Crippen LogP contribution in [0, 0.1) is 5.41 Å². The molecule has 0 aliphatic carbocycles. The molecule has 0 unspecified atom stereocenters. The standard InChI is InChI=1S/C11H22O2Si/c1-7-10(12)13-14(5,6)9-8-11(2,3)4/h7H,1,8-9H2,2-6H3. The Kier molecular flexibility index (Phi) is 4.58. The van der Waals surface area contributed by atoms with Crippen molar-refractivity contribution in [2.45, 2.75) is 46.3 Å². The van der Waals surface area contributed by atoms with Crippen molar-refractivity contribution >= 4 is 14.3 Å². The first-order valence-electron chi connectivity index (χ1n) is 5.02. The minimum atomic E-state index is -1.82. The molecule has 3 heteroatoms. The van der Waals surface area contributed by atoms with Crippen LogP contribution in [0.3, 0.4) is 0 Å². The summed E-state index contributed by atoms with van der Waals surface area (Å²) in [6.07, 6.45) is 2.34. The van der Waals surface area contributed by atoms with Crippen molar-refractivity contribution in [1.82, 2.24) is 0 Å². The fraction of sp³-hybridized carbons (Fsp3) is 0.727. The number of hydrogen-bond donors (Lipinski definition) is 0. The summed E-state index contributed by atoms with van der Waals surface area (Å²) in [5.74, 6) is -0.282. The maximum atomic E-state index is 11.0. The molecule has 0 atom stereocenters. The molecule has 82 valence electrons. The van der Waals surface area contributed by atoms with Crippen LogP contribution in [0.2, 0.25) is 19.1 Å². The summed E-state index contributed by atoms with van der Waals surface area (Å²) in [5, 5.41) is 0. The van der Waals surface area contributed by atoms with Gasteiger partial charge in [-0.2, -0.15) is 0 Å². The topological polar surface area (TPSA) is 26.3 Å². The second-order valence-electron chi connectivity index (χ2n) is 5.45. The molecule has 0 N–H and O–H groups in total. The lowest BCUT2D eigenvalue weighted by Crippen LogP contribution is -2.33. The lowest BCUT2D eigenvalue weighted by atomic mass is 9.94. The van der Waals surface area contributed by atoms with Crippen LogP contribution in [0.1, 0.15) is 27.2 Å². The van der Waals surface area contributed by atoms with Crippen molar-refractivity contribution in [1.29, 1.82) is 0 Å². The third kappa shape index (κ3) is 6.89. The Morgan fingerprint density at radius 3 is 2.29 bits per heavy atom. The Morgan fingerprint density at radius 2 is 1.93 bits per heavy atom. The molecule has 0 aromatic rings. The molecule has 0 saturated carbocycles. The van der Waals surface area contributed by atoms with Gasteiger partial charge in [0.15, 0.2) is 0 Å². The van der Waals surface area contributed by atoms with Crippen molar-refractivity contribution in [2.24, 2.45) is 5.41 Å². The van der Waals surface area contributed by atoms with Crippen molar-refractivity contribution in [3.63, 3.8) is 0 Å². The molecule has 0 spiro atoms. The molecule has 0 aromatic heterocycles. The molecule has 0 fully saturated rings. The molecule has 0 aliphatic heterocycles. The number of hydrogen-bond acceptors (Lipinski definition) is 2. The molecular weight excluding hydrogens is 192 g/mol. The van der Waals surface area contributed by atoms with Gasteiger partial charge in [-0.3, -0.25) is 0 Å². The average Bonchev–Trinajstić information content (AvgIpc) is 1.99. The normalized spacial score (nSPS) is 12.4. The Bertz CT molecular complexity index is 214. The van der Waals surface area contributed by atoms with Crippen molar-refractivity contribution in [2.75, 3.05) is 0 Å². The SMILES string of the molecule is C=CC(=O)O[Si](C)(C)CCC(C)(C)C. The Morgan fingerprint density at radius 1 is 1.43 bits per heavy atom. The van der Waals surface area contributed by atoms with E-state index in [0.29, 0.717) is 5.41 Å². The predicted octanol–water partition coefficient (Wildman–Crippen LogP) is 3.36. The number of carbonyl (C=O) groups excluding carboxylic acids is 1. The molecule has 0 aliphatic rings. The summed E-state index contributed by atoms with van der Waals surface area (Å²) < 4.78 is 5.36. The zero-order valence-corrected chi connectivity index (χ0v) is 11.0. The van der Waals surface area contributed by atoms with Gasteiger partial charge < -0.3 is 4.43 Å². The highest BCUT2D eigenvalue weighted by atomic mass is 28.4. The molecule has 0 saturated heterocycles. The summed E-state index contributed by atoms with van der Waals surface area (Å²) in [7, 11) is -1.82. The van der Waals surface area contributed by atoms with Gasteiger partial charge in [-0.25, -0.2) is 4.79 Å². The van der Waals surface area contributed by atoms with Crippen molar-refractivity contribution in [3.05, 3.63) is 12.7 Å². The molecule has 14 heavy (non-hydrogen) atoms. The van der Waals surface area contributed by atoms with Gasteiger partial charge in [0, 0.05) is 6.08 Å². The third-order valence-corrected chi connectivity index (χ3v) is 4.23. The maximum absolute atomic E-state index is 11.0. The number of carbonyl (C=O) groups is 1. The Balaban J connectivity index is 4.07. The molecule has 0 heterocycles. The molecule has 0 bridgehead atoms. The first kappa shape index (κ1) is 13.4. The Labute approximate surface area is 88.5 Å². The first-order chi connectivity index (χ1) is 6.16. The van der Waals surface area contributed by atoms with Gasteiger partial charge in [0.25, 0.3) is 0 Å². The van der Waals surface area contributed by atoms with Gasteiger partial charge in [-0.15, -0.1) is 0 Å². The zero-order valence-electron chi connectivity index (χ0n) is 10.0. The van der Waals surface area contributed by atoms with Crippen LogP contribution in [0.5, 0.6) is 0 Å². The second kappa shape index (κ2) is 4.78. The highest BCUT2D eigenvalue weighted by Crippen LogP contribution is 2.26. The van der Waals surface area contributed by atoms with E-state index in [4.69, 9.17) is 4.43 Å². The van der Waals surface area contributed by atoms with E-state index in [9.17, 15) is 4.79 Å². The van der Waals surface area contributed by atoms with Gasteiger partial charge in [0.05, 0.1) is 0 Å². The number of rotatable bonds is 4. The lowest BCUT2D eigenvalue weighted by Gasteiger charge is -2.26. The summed E-state index contributed by atoms with van der Waals surface area (Å²) in [6.45, 7) is 14.1. The van der Waals surface area contributed by atoms with Crippen LogP contribution in [-0.2, 0) is 9.22 Å². The minimum Gasteiger partial charge on any atom is -0.517 e. The second-order valence-corrected chi connectivity index (χ2v) is 9.67. The fourth-order valence-electron chi connectivity index (χ4n) is 1.04. The Hall–Kier alpha value is -0.573. The lowest BCUT2D eigenvalue weighted by molar-refractivity contribution is -0.129. The highest BCUT2D eigenvalue weighted by Gasteiger charge is 2.27. The van der Waals surface area contributed by atoms with E-state index >= 15 is 0 Å². The van der Waals surface area contributed by atoms with E-state index < -0.39 is 8.32 Å². The molecule has 0 aromatic carbocycles. The molecule has 2 nitrogen and oxygen atoms in total. The van der Waals surface area contributed by atoms with E-state index in [1.165, 1.54) is 6.08 Å². The van der Waals surface area contributed by atoms with Crippen LogP contribution in [0.4, 0.5) is 0 Å². The highest BCUT2D eigenvalue weighted by molar-refractivity contribution is 6.72. The fourth-order valence-corrected chi connectivity index (χ4v) is 3.12. The van der Waals surface area contributed by atoms with Crippen LogP contribution in [0.15, 0.2) is 12.7 Å². The molecule has 0 rings (SSSR count). The van der Waals surface area contributed by atoms with Gasteiger partial charge in [-0.05, 0) is 31.0 Å². The molecule has 0 radical (unpaired) electrons. The van der Waals surface area contributed by atoms with Crippen LogP contribution >= 0.6 is 0 Å². The van der Waals surface area contributed by atoms with Crippen LogP contribution in [0.25, 0.3) is 0 Å².